The van der Waals surface area contributed by atoms with E-state index in [0.717, 1.165) is 25.9 Å². The fourth-order valence-corrected chi connectivity index (χ4v) is 6.32. The lowest BCUT2D eigenvalue weighted by Crippen LogP contribution is -2.37. The van der Waals surface area contributed by atoms with Gasteiger partial charge in [-0.1, -0.05) is 0 Å². The molecule has 2 N–H and O–H groups in total. The third-order valence-corrected chi connectivity index (χ3v) is 9.05. The van der Waals surface area contributed by atoms with E-state index in [1.165, 1.54) is 17.5 Å². The van der Waals surface area contributed by atoms with Gasteiger partial charge in [0, 0.05) is 18.9 Å². The number of carbonyl (C=O) groups excluding carboxylic acids is 1. The SMILES string of the molecule is CCOc1cncc(-c2cnc(C(=O)N[C@H](CN3CCCC3)c3cc(NS(=O)(=O)C4CC4)ccn3)s2)n1. The summed E-state index contributed by atoms with van der Waals surface area (Å²) in [7, 11) is -3.41. The van der Waals surface area contributed by atoms with Gasteiger partial charge in [0.2, 0.25) is 15.9 Å². The third-order valence-electron chi connectivity index (χ3n) is 6.16. The molecule has 3 aromatic heterocycles. The van der Waals surface area contributed by atoms with Crippen molar-refractivity contribution < 1.29 is 17.9 Å². The van der Waals surface area contributed by atoms with Crippen LogP contribution in [-0.4, -0.2) is 70.7 Å². The number of sulfonamides is 1. The van der Waals surface area contributed by atoms with Crippen molar-refractivity contribution in [2.45, 2.75) is 43.9 Å². The lowest BCUT2D eigenvalue weighted by molar-refractivity contribution is 0.0925. The number of pyridine rings is 1. The first-order chi connectivity index (χ1) is 17.9. The van der Waals surface area contributed by atoms with Gasteiger partial charge in [-0.2, -0.15) is 0 Å². The van der Waals surface area contributed by atoms with Gasteiger partial charge < -0.3 is 15.0 Å². The fraction of sp³-hybridized carbons (Fsp3) is 0.458. The first kappa shape index (κ1) is 25.5. The summed E-state index contributed by atoms with van der Waals surface area (Å²) in [4.78, 5) is 33.6. The minimum absolute atomic E-state index is 0.288. The zero-order valence-electron chi connectivity index (χ0n) is 20.5. The van der Waals surface area contributed by atoms with E-state index < -0.39 is 16.1 Å². The lowest BCUT2D eigenvalue weighted by atomic mass is 10.1. The topological polar surface area (TPSA) is 139 Å². The average molecular weight is 544 g/mol. The van der Waals surface area contributed by atoms with Crippen LogP contribution in [0.5, 0.6) is 5.88 Å². The number of carbonyl (C=O) groups is 1. The summed E-state index contributed by atoms with van der Waals surface area (Å²) in [6.07, 6.45) is 9.87. The van der Waals surface area contributed by atoms with Gasteiger partial charge in [0.05, 0.1) is 46.6 Å². The Balaban J connectivity index is 1.34. The molecule has 0 bridgehead atoms. The molecule has 1 amide bonds. The van der Waals surface area contributed by atoms with Crippen molar-refractivity contribution in [1.29, 1.82) is 0 Å². The van der Waals surface area contributed by atoms with Crippen LogP contribution >= 0.6 is 11.3 Å². The maximum absolute atomic E-state index is 13.2. The number of thiazole rings is 1. The third kappa shape index (κ3) is 6.40. The Hall–Kier alpha value is -3.16. The second kappa shape index (κ2) is 11.1. The van der Waals surface area contributed by atoms with Crippen LogP contribution in [0.3, 0.4) is 0 Å². The number of amides is 1. The minimum atomic E-state index is -3.41. The molecule has 0 radical (unpaired) electrons. The molecule has 0 spiro atoms. The van der Waals surface area contributed by atoms with Crippen LogP contribution < -0.4 is 14.8 Å². The second-order valence-electron chi connectivity index (χ2n) is 9.05. The van der Waals surface area contributed by atoms with Crippen LogP contribution in [-0.2, 0) is 10.0 Å². The Morgan fingerprint density at radius 1 is 1.22 bits per heavy atom. The van der Waals surface area contributed by atoms with Crippen LogP contribution in [0.1, 0.15) is 54.1 Å². The van der Waals surface area contributed by atoms with Gasteiger partial charge in [-0.05, 0) is 57.8 Å². The molecule has 4 heterocycles. The second-order valence-corrected chi connectivity index (χ2v) is 12.0. The standard InChI is InChI=1S/C24H29N7O4S2/c1-2-35-22-14-25-12-19(28-22)21-13-27-24(36-21)23(32)29-20(15-31-9-3-4-10-31)18-11-16(7-8-26-18)30-37(33,34)17-5-6-17/h7-8,11-14,17,20H,2-6,9-10,15H2,1H3,(H,26,30)(H,29,32)/t20-/m1/s1. The van der Waals surface area contributed by atoms with Gasteiger partial charge in [0.15, 0.2) is 5.01 Å². The normalized spacial score (nSPS) is 16.9. The van der Waals surface area contributed by atoms with Crippen LogP contribution in [0, 0.1) is 0 Å². The summed E-state index contributed by atoms with van der Waals surface area (Å²) in [5, 5.41) is 3.02. The Morgan fingerprint density at radius 2 is 2.03 bits per heavy atom. The predicted octanol–water partition coefficient (Wildman–Crippen LogP) is 2.86. The molecule has 13 heteroatoms. The molecule has 2 fully saturated rings. The van der Waals surface area contributed by atoms with E-state index in [0.29, 0.717) is 53.8 Å². The molecule has 1 aliphatic carbocycles. The predicted molar refractivity (Wildman–Crippen MR) is 140 cm³/mol. The van der Waals surface area contributed by atoms with Crippen LogP contribution in [0.2, 0.25) is 0 Å². The number of rotatable bonds is 11. The summed E-state index contributed by atoms with van der Waals surface area (Å²) < 4.78 is 32.9. The highest BCUT2D eigenvalue weighted by Gasteiger charge is 2.36. The number of nitrogens with one attached hydrogen (secondary N) is 2. The van der Waals surface area contributed by atoms with E-state index in [4.69, 9.17) is 4.74 Å². The van der Waals surface area contributed by atoms with Gasteiger partial charge >= 0.3 is 0 Å². The molecular weight excluding hydrogens is 514 g/mol. The van der Waals surface area contributed by atoms with E-state index in [1.807, 2.05) is 6.92 Å². The van der Waals surface area contributed by atoms with Crippen molar-refractivity contribution in [3.63, 3.8) is 0 Å². The number of hydrogen-bond donors (Lipinski definition) is 2. The number of nitrogens with zero attached hydrogens (tertiary/aromatic N) is 5. The highest BCUT2D eigenvalue weighted by molar-refractivity contribution is 7.93. The molecule has 1 aliphatic heterocycles. The highest BCUT2D eigenvalue weighted by atomic mass is 32.2. The lowest BCUT2D eigenvalue weighted by Gasteiger charge is -2.24. The summed E-state index contributed by atoms with van der Waals surface area (Å²) >= 11 is 1.22. The molecule has 1 saturated carbocycles. The highest BCUT2D eigenvalue weighted by Crippen LogP contribution is 2.30. The first-order valence-electron chi connectivity index (χ1n) is 12.3. The molecule has 1 saturated heterocycles. The first-order valence-corrected chi connectivity index (χ1v) is 14.7. The Labute approximate surface area is 219 Å². The molecule has 196 valence electrons. The summed E-state index contributed by atoms with van der Waals surface area (Å²) in [5.74, 6) is 0.0773. The van der Waals surface area contributed by atoms with Gasteiger partial charge in [-0.3, -0.25) is 19.5 Å². The largest absolute Gasteiger partial charge is 0.477 e. The van der Waals surface area contributed by atoms with Gasteiger partial charge in [-0.25, -0.2) is 18.4 Å². The van der Waals surface area contributed by atoms with E-state index in [9.17, 15) is 13.2 Å². The molecule has 37 heavy (non-hydrogen) atoms. The van der Waals surface area contributed by atoms with Crippen LogP contribution in [0.15, 0.2) is 36.9 Å². The Bertz CT molecular complexity index is 1350. The van der Waals surface area contributed by atoms with E-state index in [-0.39, 0.29) is 16.2 Å². The quantitative estimate of drug-likeness (QED) is 0.374. The maximum atomic E-state index is 13.2. The average Bonchev–Trinajstić information content (AvgIpc) is 3.42. The summed E-state index contributed by atoms with van der Waals surface area (Å²) in [6.45, 7) is 4.80. The minimum Gasteiger partial charge on any atom is -0.477 e. The zero-order chi connectivity index (χ0) is 25.8. The van der Waals surface area contributed by atoms with Gasteiger partial charge in [0.1, 0.15) is 5.69 Å². The molecular formula is C24H29N7O4S2. The number of anilines is 1. The van der Waals surface area contributed by atoms with E-state index in [2.05, 4.69) is 34.9 Å². The zero-order valence-corrected chi connectivity index (χ0v) is 22.1. The van der Waals surface area contributed by atoms with Gasteiger partial charge in [0.25, 0.3) is 5.91 Å². The molecule has 2 aliphatic rings. The maximum Gasteiger partial charge on any atom is 0.280 e. The number of likely N-dealkylation sites (tertiary alicyclic amines) is 1. The number of ether oxygens (including phenoxy) is 1. The van der Waals surface area contributed by atoms with E-state index >= 15 is 0 Å². The Morgan fingerprint density at radius 3 is 2.78 bits per heavy atom. The monoisotopic (exact) mass is 543 g/mol. The van der Waals surface area contributed by atoms with Crippen molar-refractivity contribution in [2.24, 2.45) is 0 Å². The number of aromatic nitrogens is 4. The van der Waals surface area contributed by atoms with Crippen LogP contribution in [0.25, 0.3) is 10.6 Å². The molecule has 1 atom stereocenters. The molecule has 3 aromatic rings. The van der Waals surface area contributed by atoms with Crippen molar-refractivity contribution in [2.75, 3.05) is 31.0 Å². The van der Waals surface area contributed by atoms with Crippen molar-refractivity contribution in [3.8, 4) is 16.5 Å². The molecule has 0 aromatic carbocycles. The molecule has 5 rings (SSSR count). The van der Waals surface area contributed by atoms with Gasteiger partial charge in [-0.15, -0.1) is 11.3 Å². The fourth-order valence-electron chi connectivity index (χ4n) is 4.17. The number of hydrogen-bond acceptors (Lipinski definition) is 10. The van der Waals surface area contributed by atoms with Crippen molar-refractivity contribution in [3.05, 3.63) is 47.6 Å². The Kier molecular flexibility index (Phi) is 7.63. The smallest absolute Gasteiger partial charge is 0.280 e. The van der Waals surface area contributed by atoms with Crippen LogP contribution in [0.4, 0.5) is 5.69 Å². The van der Waals surface area contributed by atoms with E-state index in [1.54, 1.807) is 30.7 Å². The van der Waals surface area contributed by atoms with Crippen molar-refractivity contribution >= 4 is 33.0 Å². The van der Waals surface area contributed by atoms with Crippen molar-refractivity contribution in [1.82, 2.24) is 30.2 Å². The molecule has 11 nitrogen and oxygen atoms in total. The summed E-state index contributed by atoms with van der Waals surface area (Å²) in [5.41, 5.74) is 1.61. The summed E-state index contributed by atoms with van der Waals surface area (Å²) in [6, 6.07) is 2.88. The molecule has 0 unspecified atom stereocenters.